The summed E-state index contributed by atoms with van der Waals surface area (Å²) in [6.45, 7) is 2.00. The molecule has 0 unspecified atom stereocenters. The van der Waals surface area contributed by atoms with Crippen molar-refractivity contribution >= 4 is 22.5 Å². The minimum Gasteiger partial charge on any atom is -0.322 e. The number of nitrogens with one attached hydrogen (secondary N) is 2. The fourth-order valence-corrected chi connectivity index (χ4v) is 2.82. The molecule has 3 aromatic carbocycles. The van der Waals surface area contributed by atoms with Crippen molar-refractivity contribution in [2.24, 2.45) is 0 Å². The van der Waals surface area contributed by atoms with Crippen molar-refractivity contribution in [3.63, 3.8) is 0 Å². The third-order valence-electron chi connectivity index (χ3n) is 4.18. The molecule has 0 saturated heterocycles. The van der Waals surface area contributed by atoms with Crippen LogP contribution < -0.4 is 5.32 Å². The zero-order valence-electron chi connectivity index (χ0n) is 13.8. The fourth-order valence-electron chi connectivity index (χ4n) is 2.82. The average molecular weight is 327 g/mol. The molecule has 25 heavy (non-hydrogen) atoms. The van der Waals surface area contributed by atoms with Gasteiger partial charge < -0.3 is 5.32 Å². The number of carbonyl (C=O) groups is 1. The molecular weight excluding hydrogens is 310 g/mol. The molecular formula is C21H17N3O. The van der Waals surface area contributed by atoms with Gasteiger partial charge in [-0.25, -0.2) is 0 Å². The molecule has 1 aromatic heterocycles. The van der Waals surface area contributed by atoms with E-state index in [-0.39, 0.29) is 5.91 Å². The predicted molar refractivity (Wildman–Crippen MR) is 101 cm³/mol. The van der Waals surface area contributed by atoms with Crippen molar-refractivity contribution in [3.05, 3.63) is 83.9 Å². The highest BCUT2D eigenvalue weighted by molar-refractivity contribution is 6.06. The first-order valence-corrected chi connectivity index (χ1v) is 8.12. The zero-order valence-corrected chi connectivity index (χ0v) is 13.8. The molecule has 0 aliphatic heterocycles. The molecule has 4 aromatic rings. The van der Waals surface area contributed by atoms with Gasteiger partial charge in [-0.1, -0.05) is 48.0 Å². The van der Waals surface area contributed by atoms with E-state index >= 15 is 0 Å². The molecule has 0 bridgehead atoms. The minimum absolute atomic E-state index is 0.121. The lowest BCUT2D eigenvalue weighted by Gasteiger charge is -2.06. The second kappa shape index (κ2) is 6.24. The second-order valence-corrected chi connectivity index (χ2v) is 6.02. The Labute approximate surface area is 145 Å². The Morgan fingerprint density at radius 1 is 0.960 bits per heavy atom. The molecule has 0 spiro atoms. The van der Waals surface area contributed by atoms with E-state index in [9.17, 15) is 4.79 Å². The van der Waals surface area contributed by atoms with Crippen molar-refractivity contribution in [2.45, 2.75) is 6.92 Å². The normalized spacial score (nSPS) is 10.8. The minimum atomic E-state index is -0.121. The van der Waals surface area contributed by atoms with Gasteiger partial charge in [0, 0.05) is 22.2 Å². The third kappa shape index (κ3) is 3.02. The molecule has 0 radical (unpaired) electrons. The second-order valence-electron chi connectivity index (χ2n) is 6.02. The Balaban J connectivity index is 1.67. The van der Waals surface area contributed by atoms with Gasteiger partial charge in [-0.3, -0.25) is 9.89 Å². The number of hydrogen-bond acceptors (Lipinski definition) is 2. The molecule has 4 heteroatoms. The van der Waals surface area contributed by atoms with Crippen molar-refractivity contribution in [1.82, 2.24) is 10.2 Å². The zero-order chi connectivity index (χ0) is 17.2. The van der Waals surface area contributed by atoms with Gasteiger partial charge in [-0.15, -0.1) is 0 Å². The van der Waals surface area contributed by atoms with Crippen LogP contribution in [0.2, 0.25) is 0 Å². The largest absolute Gasteiger partial charge is 0.322 e. The Hall–Kier alpha value is -3.40. The molecule has 0 atom stereocenters. The van der Waals surface area contributed by atoms with Crippen LogP contribution in [0.1, 0.15) is 15.9 Å². The Bertz CT molecular complexity index is 1030. The van der Waals surface area contributed by atoms with Crippen molar-refractivity contribution in [2.75, 3.05) is 5.32 Å². The highest BCUT2D eigenvalue weighted by atomic mass is 16.1. The van der Waals surface area contributed by atoms with Crippen LogP contribution in [-0.4, -0.2) is 16.1 Å². The molecule has 0 fully saturated rings. The first-order chi connectivity index (χ1) is 12.2. The smallest absolute Gasteiger partial charge is 0.255 e. The number of aromatic nitrogens is 2. The van der Waals surface area contributed by atoms with E-state index in [1.54, 1.807) is 0 Å². The molecule has 1 amide bonds. The molecule has 4 rings (SSSR count). The lowest BCUT2D eigenvalue weighted by atomic mass is 10.1. The quantitative estimate of drug-likeness (QED) is 0.568. The van der Waals surface area contributed by atoms with Gasteiger partial charge in [0.05, 0.1) is 11.2 Å². The summed E-state index contributed by atoms with van der Waals surface area (Å²) < 4.78 is 0. The number of benzene rings is 3. The van der Waals surface area contributed by atoms with Crippen molar-refractivity contribution < 1.29 is 4.79 Å². The number of fused-ring (bicyclic) bond motifs is 1. The summed E-state index contributed by atoms with van der Waals surface area (Å²) in [5.74, 6) is -0.121. The first-order valence-electron chi connectivity index (χ1n) is 8.12. The topological polar surface area (TPSA) is 57.8 Å². The highest BCUT2D eigenvalue weighted by Crippen LogP contribution is 2.28. The van der Waals surface area contributed by atoms with Crippen LogP contribution in [0.5, 0.6) is 0 Å². The van der Waals surface area contributed by atoms with E-state index in [1.165, 1.54) is 0 Å². The summed E-state index contributed by atoms with van der Waals surface area (Å²) in [4.78, 5) is 12.4. The van der Waals surface area contributed by atoms with Crippen LogP contribution in [-0.2, 0) is 0 Å². The number of amides is 1. The van der Waals surface area contributed by atoms with Gasteiger partial charge in [0.15, 0.2) is 0 Å². The number of hydrogen-bond donors (Lipinski definition) is 2. The van der Waals surface area contributed by atoms with Gasteiger partial charge >= 0.3 is 0 Å². The third-order valence-corrected chi connectivity index (χ3v) is 4.18. The number of anilines is 1. The Morgan fingerprint density at radius 2 is 1.72 bits per heavy atom. The van der Waals surface area contributed by atoms with Gasteiger partial charge in [-0.05, 0) is 37.3 Å². The number of H-pyrrole nitrogens is 1. The average Bonchev–Trinajstić information content (AvgIpc) is 3.06. The summed E-state index contributed by atoms with van der Waals surface area (Å²) in [7, 11) is 0. The van der Waals surface area contributed by atoms with Crippen LogP contribution in [0.15, 0.2) is 72.8 Å². The molecule has 0 saturated carbocycles. The SMILES string of the molecule is Cc1ccc(C(=O)Nc2ccc3[nH]nc(-c4ccccc4)c3c2)cc1. The van der Waals surface area contributed by atoms with Crippen molar-refractivity contribution in [3.8, 4) is 11.3 Å². The number of nitrogens with zero attached hydrogens (tertiary/aromatic N) is 1. The molecule has 4 nitrogen and oxygen atoms in total. The number of aryl methyl sites for hydroxylation is 1. The monoisotopic (exact) mass is 327 g/mol. The number of rotatable bonds is 3. The highest BCUT2D eigenvalue weighted by Gasteiger charge is 2.10. The van der Waals surface area contributed by atoms with E-state index in [2.05, 4.69) is 15.5 Å². The molecule has 1 heterocycles. The van der Waals surface area contributed by atoms with Crippen LogP contribution >= 0.6 is 0 Å². The molecule has 0 aliphatic carbocycles. The Kier molecular flexibility index (Phi) is 3.78. The maximum absolute atomic E-state index is 12.4. The lowest BCUT2D eigenvalue weighted by molar-refractivity contribution is 0.102. The van der Waals surface area contributed by atoms with Crippen molar-refractivity contribution in [1.29, 1.82) is 0 Å². The summed E-state index contributed by atoms with van der Waals surface area (Å²) in [6.07, 6.45) is 0. The lowest BCUT2D eigenvalue weighted by Crippen LogP contribution is -2.11. The van der Waals surface area contributed by atoms with Crippen LogP contribution in [0.3, 0.4) is 0 Å². The van der Waals surface area contributed by atoms with E-state index in [0.29, 0.717) is 5.56 Å². The maximum atomic E-state index is 12.4. The Morgan fingerprint density at radius 3 is 2.48 bits per heavy atom. The van der Waals surface area contributed by atoms with Crippen LogP contribution in [0.4, 0.5) is 5.69 Å². The maximum Gasteiger partial charge on any atom is 0.255 e. The van der Waals surface area contributed by atoms with Gasteiger partial charge in [0.2, 0.25) is 0 Å². The van der Waals surface area contributed by atoms with E-state index in [1.807, 2.05) is 79.7 Å². The van der Waals surface area contributed by atoms with Crippen LogP contribution in [0.25, 0.3) is 22.2 Å². The van der Waals surface area contributed by atoms with Gasteiger partial charge in [0.25, 0.3) is 5.91 Å². The first kappa shape index (κ1) is 15.1. The van der Waals surface area contributed by atoms with Gasteiger partial charge in [-0.2, -0.15) is 5.10 Å². The number of carbonyl (C=O) groups excluding carboxylic acids is 1. The standard InChI is InChI=1S/C21H17N3O/c1-14-7-9-16(10-8-14)21(25)22-17-11-12-19-18(13-17)20(24-23-19)15-5-3-2-4-6-15/h2-13H,1H3,(H,22,25)(H,23,24). The number of aromatic amines is 1. The van der Waals surface area contributed by atoms with E-state index in [0.717, 1.165) is 33.4 Å². The summed E-state index contributed by atoms with van der Waals surface area (Å²) in [6, 6.07) is 23.3. The summed E-state index contributed by atoms with van der Waals surface area (Å²) >= 11 is 0. The fraction of sp³-hybridized carbons (Fsp3) is 0.0476. The summed E-state index contributed by atoms with van der Waals surface area (Å²) in [5, 5.41) is 11.4. The van der Waals surface area contributed by atoms with E-state index < -0.39 is 0 Å². The predicted octanol–water partition coefficient (Wildman–Crippen LogP) is 4.79. The molecule has 122 valence electrons. The molecule has 2 N–H and O–H groups in total. The van der Waals surface area contributed by atoms with Gasteiger partial charge in [0.1, 0.15) is 0 Å². The van der Waals surface area contributed by atoms with E-state index in [4.69, 9.17) is 0 Å². The molecule has 0 aliphatic rings. The summed E-state index contributed by atoms with van der Waals surface area (Å²) in [5.41, 5.74) is 5.37. The van der Waals surface area contributed by atoms with Crippen LogP contribution in [0, 0.1) is 6.92 Å².